The zero-order chi connectivity index (χ0) is 19.2. The average Bonchev–Trinajstić information content (AvgIpc) is 3.16. The molecule has 0 spiro atoms. The molecular weight excluding hydrogens is 372 g/mol. The quantitative estimate of drug-likeness (QED) is 0.442. The number of carbonyl (C=O) groups is 2. The number of hydrazine groups is 1. The van der Waals surface area contributed by atoms with E-state index in [4.69, 9.17) is 5.84 Å². The second-order valence-corrected chi connectivity index (χ2v) is 7.94. The number of piperazine rings is 1. The number of carbonyl (C=O) groups excluding carboxylic acids is 2. The Labute approximate surface area is 171 Å². The van der Waals surface area contributed by atoms with Crippen molar-refractivity contribution >= 4 is 28.2 Å². The molecule has 0 atom stereocenters. The van der Waals surface area contributed by atoms with Crippen molar-refractivity contribution in [1.29, 1.82) is 0 Å². The Bertz CT molecular complexity index is 780. The van der Waals surface area contributed by atoms with E-state index in [1.165, 1.54) is 15.4 Å². The van der Waals surface area contributed by atoms with Gasteiger partial charge < -0.3 is 9.80 Å². The van der Waals surface area contributed by atoms with Gasteiger partial charge in [0.1, 0.15) is 0 Å². The van der Waals surface area contributed by atoms with Gasteiger partial charge in [0, 0.05) is 38.0 Å². The lowest BCUT2D eigenvalue weighted by Gasteiger charge is -2.34. The van der Waals surface area contributed by atoms with Crippen LogP contribution in [0, 0.1) is 0 Å². The van der Waals surface area contributed by atoms with Crippen molar-refractivity contribution in [3.05, 3.63) is 52.4 Å². The van der Waals surface area contributed by atoms with Gasteiger partial charge >= 0.3 is 0 Å². The van der Waals surface area contributed by atoms with Crippen LogP contribution in [0.5, 0.6) is 0 Å². The van der Waals surface area contributed by atoms with Crippen molar-refractivity contribution < 1.29 is 9.59 Å². The van der Waals surface area contributed by atoms with Gasteiger partial charge in [0.2, 0.25) is 11.8 Å². The number of benzene rings is 1. The van der Waals surface area contributed by atoms with Gasteiger partial charge in [-0.15, -0.1) is 11.3 Å². The van der Waals surface area contributed by atoms with E-state index >= 15 is 0 Å². The van der Waals surface area contributed by atoms with Crippen molar-refractivity contribution in [3.63, 3.8) is 0 Å². The molecule has 1 fully saturated rings. The molecule has 2 heterocycles. The topological polar surface area (TPSA) is 78.7 Å². The van der Waals surface area contributed by atoms with Crippen LogP contribution in [-0.4, -0.2) is 42.9 Å². The first kappa shape index (κ1) is 21.9. The van der Waals surface area contributed by atoms with Crippen LogP contribution in [0.15, 0.2) is 36.4 Å². The Morgan fingerprint density at radius 3 is 2.25 bits per heavy atom. The molecule has 1 saturated heterocycles. The van der Waals surface area contributed by atoms with Crippen molar-refractivity contribution in [2.75, 3.05) is 31.1 Å². The number of nitrogens with two attached hydrogens (primary N) is 1. The summed E-state index contributed by atoms with van der Waals surface area (Å²) in [5.41, 5.74) is 4.37. The second-order valence-electron chi connectivity index (χ2n) is 6.79. The fourth-order valence-corrected chi connectivity index (χ4v) is 4.30. The van der Waals surface area contributed by atoms with Crippen molar-refractivity contribution in [1.82, 2.24) is 10.3 Å². The van der Waals surface area contributed by atoms with Gasteiger partial charge in [-0.2, -0.15) is 0 Å². The van der Waals surface area contributed by atoms with Crippen LogP contribution in [0.4, 0.5) is 5.00 Å². The molecule has 28 heavy (non-hydrogen) atoms. The monoisotopic (exact) mass is 402 g/mol. The number of hydrogen-bond donors (Lipinski definition) is 2. The number of rotatable bonds is 6. The van der Waals surface area contributed by atoms with Gasteiger partial charge in [-0.3, -0.25) is 15.0 Å². The third-order valence-electron chi connectivity index (χ3n) is 4.89. The predicted octanol–water partition coefficient (Wildman–Crippen LogP) is 2.37. The highest BCUT2D eigenvalue weighted by atomic mass is 32.1. The first-order valence-corrected chi connectivity index (χ1v) is 10.0. The molecule has 2 aromatic rings. The van der Waals surface area contributed by atoms with E-state index in [0.717, 1.165) is 44.6 Å². The maximum Gasteiger partial charge on any atom is 0.238 e. The fourth-order valence-electron chi connectivity index (χ4n) is 3.24. The molecule has 1 aliphatic rings. The number of aryl methyl sites for hydroxylation is 2. The van der Waals surface area contributed by atoms with E-state index in [1.807, 2.05) is 28.4 Å². The normalized spacial score (nSPS) is 13.8. The zero-order valence-corrected chi connectivity index (χ0v) is 16.4. The van der Waals surface area contributed by atoms with Crippen LogP contribution in [0.2, 0.25) is 0 Å². The maximum absolute atomic E-state index is 11.4. The zero-order valence-electron chi connectivity index (χ0n) is 15.6. The summed E-state index contributed by atoms with van der Waals surface area (Å²) in [7, 11) is 0. The Hall–Kier alpha value is -2.38. The Morgan fingerprint density at radius 1 is 1.00 bits per heavy atom. The first-order valence-electron chi connectivity index (χ1n) is 9.21. The molecule has 3 rings (SSSR count). The van der Waals surface area contributed by atoms with E-state index in [2.05, 4.69) is 34.6 Å². The van der Waals surface area contributed by atoms with E-state index in [1.54, 1.807) is 6.92 Å². The van der Waals surface area contributed by atoms with E-state index in [-0.39, 0.29) is 19.2 Å². The van der Waals surface area contributed by atoms with Crippen LogP contribution in [0.1, 0.15) is 30.4 Å². The van der Waals surface area contributed by atoms with E-state index in [9.17, 15) is 9.59 Å². The van der Waals surface area contributed by atoms with Crippen LogP contribution in [-0.2, 0) is 28.9 Å². The number of hydrogen-bond acceptors (Lipinski definition) is 5. The summed E-state index contributed by atoms with van der Waals surface area (Å²) in [6, 6.07) is 12.5. The number of nitrogens with zero attached hydrogens (tertiary/aromatic N) is 2. The fraction of sp³-hybridized carbons (Fsp3) is 0.429. The highest BCUT2D eigenvalue weighted by molar-refractivity contribution is 7.16. The Balaban J connectivity index is 0.00000280. The van der Waals surface area contributed by atoms with Gasteiger partial charge in [0.25, 0.3) is 0 Å². The van der Waals surface area contributed by atoms with E-state index in [0.29, 0.717) is 6.42 Å². The lowest BCUT2D eigenvalue weighted by Crippen LogP contribution is -2.47. The summed E-state index contributed by atoms with van der Waals surface area (Å²) in [6.45, 7) is 5.04. The molecule has 1 aromatic heterocycles. The Morgan fingerprint density at radius 2 is 1.64 bits per heavy atom. The molecule has 1 aromatic carbocycles. The highest BCUT2D eigenvalue weighted by Crippen LogP contribution is 2.28. The molecular formula is C21H30N4O2S. The minimum atomic E-state index is -0.182. The molecule has 0 unspecified atom stereocenters. The molecule has 1 aliphatic heterocycles. The van der Waals surface area contributed by atoms with Gasteiger partial charge in [-0.25, -0.2) is 5.84 Å². The van der Waals surface area contributed by atoms with Crippen LogP contribution >= 0.6 is 11.3 Å². The van der Waals surface area contributed by atoms with Crippen molar-refractivity contribution in [2.45, 2.75) is 33.6 Å². The Kier molecular flexibility index (Phi) is 8.02. The number of amides is 2. The van der Waals surface area contributed by atoms with Crippen LogP contribution in [0.3, 0.4) is 0 Å². The van der Waals surface area contributed by atoms with Crippen molar-refractivity contribution in [3.8, 4) is 0 Å². The van der Waals surface area contributed by atoms with E-state index < -0.39 is 0 Å². The lowest BCUT2D eigenvalue weighted by atomic mass is 10.1. The van der Waals surface area contributed by atoms with Crippen LogP contribution in [0.25, 0.3) is 0 Å². The highest BCUT2D eigenvalue weighted by Gasteiger charge is 2.19. The summed E-state index contributed by atoms with van der Waals surface area (Å²) in [5.74, 6) is 5.10. The third-order valence-corrected chi connectivity index (χ3v) is 6.10. The van der Waals surface area contributed by atoms with Gasteiger partial charge in [0.05, 0.1) is 11.4 Å². The van der Waals surface area contributed by atoms with Gasteiger partial charge in [0.15, 0.2) is 0 Å². The average molecular weight is 403 g/mol. The summed E-state index contributed by atoms with van der Waals surface area (Å²) < 4.78 is 0. The summed E-state index contributed by atoms with van der Waals surface area (Å²) in [4.78, 5) is 28.4. The van der Waals surface area contributed by atoms with Crippen LogP contribution < -0.4 is 16.2 Å². The number of thiophene rings is 1. The maximum atomic E-state index is 11.4. The minimum absolute atomic E-state index is 0. The smallest absolute Gasteiger partial charge is 0.238 e. The minimum Gasteiger partial charge on any atom is -0.360 e. The molecule has 7 heteroatoms. The summed E-state index contributed by atoms with van der Waals surface area (Å²) >= 11 is 1.84. The molecule has 0 radical (unpaired) electrons. The predicted molar refractivity (Wildman–Crippen MR) is 115 cm³/mol. The number of anilines is 1. The second kappa shape index (κ2) is 10.2. The first-order chi connectivity index (χ1) is 13.0. The molecule has 152 valence electrons. The molecule has 6 nitrogen and oxygen atoms in total. The molecule has 2 amide bonds. The van der Waals surface area contributed by atoms with Gasteiger partial charge in [-0.05, 0) is 36.1 Å². The molecule has 3 N–H and O–H groups in total. The molecule has 0 bridgehead atoms. The largest absolute Gasteiger partial charge is 0.360 e. The van der Waals surface area contributed by atoms with Gasteiger partial charge in [-0.1, -0.05) is 31.7 Å². The third kappa shape index (κ3) is 5.81. The number of nitrogens with one attached hydrogen (secondary N) is 1. The van der Waals surface area contributed by atoms with Crippen molar-refractivity contribution in [2.24, 2.45) is 5.84 Å². The summed E-state index contributed by atoms with van der Waals surface area (Å²) in [5, 5.41) is 1.29. The molecule has 0 saturated carbocycles. The standard InChI is InChI=1S/C20H26N4O2S.CH4/c1-15(25)23-10-12-24(13-11-23)20-9-8-18(27-20)7-6-16-2-4-17(5-3-16)14-19(26)22-21;/h2-5,8-9H,6-7,10-14,21H2,1H3,(H,22,26);1H4. The summed E-state index contributed by atoms with van der Waals surface area (Å²) in [6.07, 6.45) is 2.28. The molecule has 0 aliphatic carbocycles. The SMILES string of the molecule is C.CC(=O)N1CCN(c2ccc(CCc3ccc(CC(=O)NN)cc3)s2)CC1. The lowest BCUT2D eigenvalue weighted by molar-refractivity contribution is -0.129.